The predicted octanol–water partition coefficient (Wildman–Crippen LogP) is 2.65. The van der Waals surface area contributed by atoms with Crippen LogP contribution in [0.2, 0.25) is 0 Å². The van der Waals surface area contributed by atoms with Crippen LogP contribution in [-0.2, 0) is 14.3 Å². The molecule has 3 nitrogen and oxygen atoms in total. The van der Waals surface area contributed by atoms with E-state index in [-0.39, 0.29) is 17.7 Å². The molecule has 0 spiro atoms. The Morgan fingerprint density at radius 1 is 1.41 bits per heavy atom. The van der Waals surface area contributed by atoms with Gasteiger partial charge in [-0.05, 0) is 39.0 Å². The third-order valence-corrected chi connectivity index (χ3v) is 4.37. The summed E-state index contributed by atoms with van der Waals surface area (Å²) < 4.78 is 5.19. The summed E-state index contributed by atoms with van der Waals surface area (Å²) >= 11 is 0. The van der Waals surface area contributed by atoms with Crippen molar-refractivity contribution in [1.82, 2.24) is 0 Å². The van der Waals surface area contributed by atoms with Gasteiger partial charge in [0.05, 0.1) is 12.0 Å². The number of esters is 1. The second-order valence-electron chi connectivity index (χ2n) is 5.26. The fourth-order valence-corrected chi connectivity index (χ4v) is 3.13. The minimum absolute atomic E-state index is 0.155. The monoisotopic (exact) mass is 236 g/mol. The summed E-state index contributed by atoms with van der Waals surface area (Å²) in [6, 6.07) is 0. The molecular formula is C14H20O3. The lowest BCUT2D eigenvalue weighted by molar-refractivity contribution is -0.156. The van der Waals surface area contributed by atoms with Crippen LogP contribution in [0.3, 0.4) is 0 Å². The Hall–Kier alpha value is -1.12. The number of hydrogen-bond acceptors (Lipinski definition) is 3. The molecule has 2 atom stereocenters. The molecule has 17 heavy (non-hydrogen) atoms. The summed E-state index contributed by atoms with van der Waals surface area (Å²) in [5.74, 6) is 0.111. The van der Waals surface area contributed by atoms with E-state index in [1.165, 1.54) is 5.57 Å². The van der Waals surface area contributed by atoms with Crippen LogP contribution in [0, 0.1) is 11.3 Å². The Morgan fingerprint density at radius 3 is 2.76 bits per heavy atom. The van der Waals surface area contributed by atoms with Crippen LogP contribution in [0.5, 0.6) is 0 Å². The molecule has 0 heterocycles. The molecule has 0 aliphatic heterocycles. The molecule has 0 saturated heterocycles. The van der Waals surface area contributed by atoms with Crippen molar-refractivity contribution >= 4 is 11.8 Å². The van der Waals surface area contributed by atoms with E-state index >= 15 is 0 Å². The van der Waals surface area contributed by atoms with Crippen molar-refractivity contribution in [3.8, 4) is 0 Å². The lowest BCUT2D eigenvalue weighted by Gasteiger charge is -2.38. The second-order valence-corrected chi connectivity index (χ2v) is 5.26. The molecule has 0 bridgehead atoms. The molecule has 2 aliphatic rings. The number of hydrogen-bond donors (Lipinski definition) is 0. The number of allylic oxidation sites excluding steroid dienone is 1. The van der Waals surface area contributed by atoms with Gasteiger partial charge in [-0.1, -0.05) is 12.5 Å². The van der Waals surface area contributed by atoms with Gasteiger partial charge in [-0.2, -0.15) is 0 Å². The van der Waals surface area contributed by atoms with E-state index < -0.39 is 5.41 Å². The maximum Gasteiger partial charge on any atom is 0.316 e. The van der Waals surface area contributed by atoms with Gasteiger partial charge in [0.25, 0.3) is 0 Å². The summed E-state index contributed by atoms with van der Waals surface area (Å²) in [6.45, 7) is 6.11. The van der Waals surface area contributed by atoms with E-state index in [4.69, 9.17) is 4.74 Å². The maximum atomic E-state index is 12.2. The second kappa shape index (κ2) is 4.28. The number of rotatable bonds is 2. The number of ketones is 1. The number of carbonyl (C=O) groups excluding carboxylic acids is 2. The Kier molecular flexibility index (Phi) is 3.11. The van der Waals surface area contributed by atoms with Crippen molar-refractivity contribution in [1.29, 1.82) is 0 Å². The fraction of sp³-hybridized carbons (Fsp3) is 0.714. The third kappa shape index (κ3) is 1.72. The first kappa shape index (κ1) is 12.3. The Labute approximate surface area is 102 Å². The minimum Gasteiger partial charge on any atom is -0.465 e. The van der Waals surface area contributed by atoms with Gasteiger partial charge in [-0.15, -0.1) is 0 Å². The van der Waals surface area contributed by atoms with Crippen molar-refractivity contribution in [3.63, 3.8) is 0 Å². The Morgan fingerprint density at radius 2 is 2.12 bits per heavy atom. The Bertz CT molecular complexity index is 394. The van der Waals surface area contributed by atoms with Crippen molar-refractivity contribution in [2.24, 2.45) is 11.3 Å². The first-order valence-corrected chi connectivity index (χ1v) is 6.44. The molecule has 0 amide bonds. The van der Waals surface area contributed by atoms with Gasteiger partial charge >= 0.3 is 5.97 Å². The first-order chi connectivity index (χ1) is 8.01. The van der Waals surface area contributed by atoms with Gasteiger partial charge in [0.1, 0.15) is 0 Å². The summed E-state index contributed by atoms with van der Waals surface area (Å²) in [6.07, 6.45) is 3.36. The van der Waals surface area contributed by atoms with E-state index in [1.54, 1.807) is 6.92 Å². The normalized spacial score (nSPS) is 32.6. The van der Waals surface area contributed by atoms with Crippen LogP contribution in [0.25, 0.3) is 0 Å². The zero-order valence-corrected chi connectivity index (χ0v) is 10.8. The average molecular weight is 236 g/mol. The minimum atomic E-state index is -0.711. The molecular weight excluding hydrogens is 216 g/mol. The first-order valence-electron chi connectivity index (χ1n) is 6.44. The number of Topliss-reactive ketones (excluding diaryl/α,β-unsaturated/α-hetero) is 1. The smallest absolute Gasteiger partial charge is 0.316 e. The molecule has 0 aromatic heterocycles. The third-order valence-electron chi connectivity index (χ3n) is 4.37. The van der Waals surface area contributed by atoms with Crippen LogP contribution in [-0.4, -0.2) is 18.4 Å². The molecule has 0 fully saturated rings. The standard InChI is InChI=1S/C14H20O3/c1-4-17-13(16)14(3)9(2)5-6-10-7-8-11(15)12(10)14/h9H,4-8H2,1-3H3. The van der Waals surface area contributed by atoms with E-state index in [0.29, 0.717) is 13.0 Å². The summed E-state index contributed by atoms with van der Waals surface area (Å²) in [5, 5.41) is 0. The van der Waals surface area contributed by atoms with E-state index in [9.17, 15) is 9.59 Å². The lowest BCUT2D eigenvalue weighted by atomic mass is 9.65. The van der Waals surface area contributed by atoms with Crippen molar-refractivity contribution in [2.75, 3.05) is 6.61 Å². The van der Waals surface area contributed by atoms with Crippen molar-refractivity contribution < 1.29 is 14.3 Å². The zero-order valence-electron chi connectivity index (χ0n) is 10.8. The van der Waals surface area contributed by atoms with E-state index in [2.05, 4.69) is 0 Å². The fourth-order valence-electron chi connectivity index (χ4n) is 3.13. The predicted molar refractivity (Wildman–Crippen MR) is 64.4 cm³/mol. The van der Waals surface area contributed by atoms with Gasteiger partial charge in [0.2, 0.25) is 0 Å². The summed E-state index contributed by atoms with van der Waals surface area (Å²) in [5.41, 5.74) is 1.26. The molecule has 2 unspecified atom stereocenters. The van der Waals surface area contributed by atoms with Crippen LogP contribution in [0.15, 0.2) is 11.1 Å². The van der Waals surface area contributed by atoms with Gasteiger partial charge in [0.15, 0.2) is 5.78 Å². The highest BCUT2D eigenvalue weighted by Crippen LogP contribution is 2.50. The zero-order chi connectivity index (χ0) is 12.6. The molecule has 0 saturated carbocycles. The topological polar surface area (TPSA) is 43.4 Å². The van der Waals surface area contributed by atoms with Gasteiger partial charge < -0.3 is 4.74 Å². The van der Waals surface area contributed by atoms with Crippen LogP contribution in [0.4, 0.5) is 0 Å². The van der Waals surface area contributed by atoms with Crippen LogP contribution >= 0.6 is 0 Å². The van der Waals surface area contributed by atoms with Gasteiger partial charge in [-0.3, -0.25) is 9.59 Å². The van der Waals surface area contributed by atoms with E-state index in [1.807, 2.05) is 13.8 Å². The molecule has 3 heteroatoms. The largest absolute Gasteiger partial charge is 0.465 e. The van der Waals surface area contributed by atoms with Crippen molar-refractivity contribution in [3.05, 3.63) is 11.1 Å². The van der Waals surface area contributed by atoms with Crippen molar-refractivity contribution in [2.45, 2.75) is 46.5 Å². The highest BCUT2D eigenvalue weighted by molar-refractivity contribution is 6.05. The molecule has 2 aliphatic carbocycles. The Balaban J connectivity index is 2.44. The molecule has 0 radical (unpaired) electrons. The molecule has 2 rings (SSSR count). The molecule has 0 aromatic rings. The average Bonchev–Trinajstić information content (AvgIpc) is 2.67. The highest BCUT2D eigenvalue weighted by Gasteiger charge is 2.50. The lowest BCUT2D eigenvalue weighted by Crippen LogP contribution is -2.42. The number of carbonyl (C=O) groups is 2. The number of ether oxygens (including phenoxy) is 1. The van der Waals surface area contributed by atoms with Crippen LogP contribution < -0.4 is 0 Å². The maximum absolute atomic E-state index is 12.2. The molecule has 94 valence electrons. The highest BCUT2D eigenvalue weighted by atomic mass is 16.5. The molecule has 0 aromatic carbocycles. The van der Waals surface area contributed by atoms with Gasteiger partial charge in [-0.25, -0.2) is 0 Å². The van der Waals surface area contributed by atoms with E-state index in [0.717, 1.165) is 24.8 Å². The summed E-state index contributed by atoms with van der Waals surface area (Å²) in [7, 11) is 0. The van der Waals surface area contributed by atoms with Crippen LogP contribution in [0.1, 0.15) is 46.5 Å². The SMILES string of the molecule is CCOC(=O)C1(C)C2=C(CCC2=O)CCC1C. The summed E-state index contributed by atoms with van der Waals surface area (Å²) in [4.78, 5) is 24.2. The quantitative estimate of drug-likeness (QED) is 0.692. The van der Waals surface area contributed by atoms with Gasteiger partial charge in [0, 0.05) is 12.0 Å². The molecule has 0 N–H and O–H groups in total.